The van der Waals surface area contributed by atoms with E-state index in [1.54, 1.807) is 29.6 Å². The number of rotatable bonds is 3. The number of hydrogen-bond donors (Lipinski definition) is 1. The van der Waals surface area contributed by atoms with Gasteiger partial charge in [-0.05, 0) is 30.3 Å². The molecule has 4 rings (SSSR count). The van der Waals surface area contributed by atoms with Crippen LogP contribution in [0, 0.1) is 5.82 Å². The van der Waals surface area contributed by atoms with Gasteiger partial charge in [0, 0.05) is 30.9 Å². The largest absolute Gasteiger partial charge is 0.490 e. The number of carboxylic acids is 1. The van der Waals surface area contributed by atoms with E-state index in [1.165, 1.54) is 12.1 Å². The lowest BCUT2D eigenvalue weighted by Gasteiger charge is -2.43. The molecule has 0 radical (unpaired) electrons. The molecule has 2 aromatic rings. The third-order valence-corrected chi connectivity index (χ3v) is 5.04. The number of ether oxygens (including phenoxy) is 2. The molecule has 33 heavy (non-hydrogen) atoms. The Morgan fingerprint density at radius 3 is 2.45 bits per heavy atom. The quantitative estimate of drug-likeness (QED) is 0.684. The molecule has 2 aliphatic rings. The van der Waals surface area contributed by atoms with E-state index >= 15 is 0 Å². The number of hydrogen-bond acceptors (Lipinski definition) is 6. The molecule has 0 bridgehead atoms. The van der Waals surface area contributed by atoms with Crippen molar-refractivity contribution in [2.75, 3.05) is 44.4 Å². The molecular formula is C21H22F4N2O6. The van der Waals surface area contributed by atoms with E-state index in [-0.39, 0.29) is 18.3 Å². The summed E-state index contributed by atoms with van der Waals surface area (Å²) in [6, 6.07) is 7.90. The van der Waals surface area contributed by atoms with Gasteiger partial charge >= 0.3 is 12.1 Å². The van der Waals surface area contributed by atoms with Crippen molar-refractivity contribution >= 4 is 17.6 Å². The Balaban J connectivity index is 0.000000383. The minimum Gasteiger partial charge on any atom is -0.475 e. The van der Waals surface area contributed by atoms with Crippen molar-refractivity contribution in [2.24, 2.45) is 0 Å². The van der Waals surface area contributed by atoms with Crippen LogP contribution in [0.2, 0.25) is 0 Å². The molecule has 180 valence electrons. The van der Waals surface area contributed by atoms with Gasteiger partial charge < -0.3 is 23.9 Å². The number of carbonyl (C=O) groups is 2. The third kappa shape index (κ3) is 6.76. The highest BCUT2D eigenvalue weighted by atomic mass is 19.4. The fourth-order valence-corrected chi connectivity index (χ4v) is 3.51. The summed E-state index contributed by atoms with van der Waals surface area (Å²) in [5.74, 6) is -3.21. The molecule has 1 amide bonds. The molecule has 1 spiro atoms. The number of furan rings is 1. The molecule has 12 heteroatoms. The van der Waals surface area contributed by atoms with Crippen molar-refractivity contribution in [3.63, 3.8) is 0 Å². The number of anilines is 1. The molecule has 8 nitrogen and oxygen atoms in total. The lowest BCUT2D eigenvalue weighted by Crippen LogP contribution is -2.60. The van der Waals surface area contributed by atoms with E-state index in [1.807, 2.05) is 6.07 Å². The number of nitrogens with zero attached hydrogens (tertiary/aromatic N) is 2. The molecule has 1 unspecified atom stereocenters. The Hall–Kier alpha value is -2.96. The lowest BCUT2D eigenvalue weighted by atomic mass is 10.0. The summed E-state index contributed by atoms with van der Waals surface area (Å²) in [4.78, 5) is 25.2. The summed E-state index contributed by atoms with van der Waals surface area (Å²) in [6.07, 6.45) is -1.69. The average Bonchev–Trinajstić information content (AvgIpc) is 3.18. The van der Waals surface area contributed by atoms with Gasteiger partial charge in [0.1, 0.15) is 18.0 Å². The third-order valence-electron chi connectivity index (χ3n) is 5.04. The number of amides is 1. The standard InChI is InChI=1S/C19H21FN2O4.C2HF3O2/c20-16-1-3-17(4-2-16)22-13-19(26-11-18(22)23)12-21(6-8-25-14-19)9-15-5-7-24-10-15;3-2(4,5)1(6)7/h1-5,7,10H,6,8-9,11-14H2;(H,6,7). The maximum absolute atomic E-state index is 13.2. The molecule has 1 aromatic carbocycles. The Morgan fingerprint density at radius 1 is 1.15 bits per heavy atom. The molecule has 2 saturated heterocycles. The van der Waals surface area contributed by atoms with Crippen molar-refractivity contribution in [3.8, 4) is 0 Å². The van der Waals surface area contributed by atoms with Crippen LogP contribution in [0.15, 0.2) is 47.3 Å². The van der Waals surface area contributed by atoms with Crippen molar-refractivity contribution in [1.29, 1.82) is 0 Å². The van der Waals surface area contributed by atoms with Crippen LogP contribution in [0.1, 0.15) is 5.56 Å². The average molecular weight is 474 g/mol. The first kappa shape index (κ1) is 24.7. The van der Waals surface area contributed by atoms with Gasteiger partial charge in [-0.3, -0.25) is 9.69 Å². The number of aliphatic carboxylic acids is 1. The molecule has 0 saturated carbocycles. The fourth-order valence-electron chi connectivity index (χ4n) is 3.51. The van der Waals surface area contributed by atoms with Gasteiger partial charge in [-0.25, -0.2) is 9.18 Å². The van der Waals surface area contributed by atoms with Gasteiger partial charge in [0.05, 0.1) is 32.3 Å². The van der Waals surface area contributed by atoms with Crippen LogP contribution in [-0.2, 0) is 25.6 Å². The molecule has 3 heterocycles. The van der Waals surface area contributed by atoms with Crippen molar-refractivity contribution in [2.45, 2.75) is 18.3 Å². The normalized spacial score (nSPS) is 21.9. The van der Waals surface area contributed by atoms with E-state index in [9.17, 15) is 22.4 Å². The first-order valence-corrected chi connectivity index (χ1v) is 9.89. The molecule has 2 aliphatic heterocycles. The second-order valence-corrected chi connectivity index (χ2v) is 7.63. The van der Waals surface area contributed by atoms with Gasteiger partial charge in [0.2, 0.25) is 0 Å². The predicted molar refractivity (Wildman–Crippen MR) is 106 cm³/mol. The van der Waals surface area contributed by atoms with E-state index < -0.39 is 17.7 Å². The molecular weight excluding hydrogens is 452 g/mol. The van der Waals surface area contributed by atoms with Crippen LogP contribution < -0.4 is 4.90 Å². The van der Waals surface area contributed by atoms with Gasteiger partial charge in [-0.15, -0.1) is 0 Å². The van der Waals surface area contributed by atoms with Crippen molar-refractivity contribution in [1.82, 2.24) is 4.90 Å². The van der Waals surface area contributed by atoms with Crippen molar-refractivity contribution in [3.05, 3.63) is 54.2 Å². The number of alkyl halides is 3. The number of benzene rings is 1. The molecule has 0 aliphatic carbocycles. The summed E-state index contributed by atoms with van der Waals surface area (Å²) in [5, 5.41) is 7.12. The number of carbonyl (C=O) groups excluding carboxylic acids is 1. The number of halogens is 4. The first-order chi connectivity index (χ1) is 15.6. The second-order valence-electron chi connectivity index (χ2n) is 7.63. The maximum Gasteiger partial charge on any atom is 0.490 e. The van der Waals surface area contributed by atoms with E-state index in [4.69, 9.17) is 23.8 Å². The number of carboxylic acid groups (broad SMARTS) is 1. The number of morpholine rings is 1. The van der Waals surface area contributed by atoms with Gasteiger partial charge in [-0.1, -0.05) is 0 Å². The molecule has 1 N–H and O–H groups in total. The minimum absolute atomic E-state index is 0.0136. The first-order valence-electron chi connectivity index (χ1n) is 9.89. The highest BCUT2D eigenvalue weighted by Crippen LogP contribution is 2.28. The van der Waals surface area contributed by atoms with E-state index in [0.29, 0.717) is 32.0 Å². The second kappa shape index (κ2) is 10.3. The highest BCUT2D eigenvalue weighted by Gasteiger charge is 2.43. The topological polar surface area (TPSA) is 92.4 Å². The zero-order chi connectivity index (χ0) is 24.1. The zero-order valence-corrected chi connectivity index (χ0v) is 17.4. The molecule has 2 fully saturated rings. The van der Waals surface area contributed by atoms with Crippen molar-refractivity contribution < 1.29 is 46.1 Å². The zero-order valence-electron chi connectivity index (χ0n) is 17.4. The van der Waals surface area contributed by atoms with E-state index in [2.05, 4.69) is 4.90 Å². The predicted octanol–water partition coefficient (Wildman–Crippen LogP) is 2.69. The van der Waals surface area contributed by atoms with Crippen LogP contribution in [0.4, 0.5) is 23.2 Å². The highest BCUT2D eigenvalue weighted by molar-refractivity contribution is 5.95. The summed E-state index contributed by atoms with van der Waals surface area (Å²) in [6.45, 7) is 3.53. The van der Waals surface area contributed by atoms with Crippen LogP contribution in [0.25, 0.3) is 0 Å². The lowest BCUT2D eigenvalue weighted by molar-refractivity contribution is -0.192. The SMILES string of the molecule is O=C(O)C(F)(F)F.O=C1COC2(COCCN(Cc3ccoc3)C2)CN1c1ccc(F)cc1. The molecule has 1 aromatic heterocycles. The van der Waals surface area contributed by atoms with E-state index in [0.717, 1.165) is 18.7 Å². The molecule has 1 atom stereocenters. The summed E-state index contributed by atoms with van der Waals surface area (Å²) in [7, 11) is 0. The fraction of sp³-hybridized carbons (Fsp3) is 0.429. The van der Waals surface area contributed by atoms with Crippen LogP contribution in [-0.4, -0.2) is 73.1 Å². The Bertz CT molecular complexity index is 935. The van der Waals surface area contributed by atoms with Crippen LogP contribution in [0.3, 0.4) is 0 Å². The smallest absolute Gasteiger partial charge is 0.475 e. The maximum atomic E-state index is 13.2. The Kier molecular flexibility index (Phi) is 7.72. The Labute approximate surface area is 186 Å². The van der Waals surface area contributed by atoms with Gasteiger partial charge in [0.15, 0.2) is 0 Å². The van der Waals surface area contributed by atoms with Crippen LogP contribution >= 0.6 is 0 Å². The minimum atomic E-state index is -5.08. The van der Waals surface area contributed by atoms with Crippen LogP contribution in [0.5, 0.6) is 0 Å². The summed E-state index contributed by atoms with van der Waals surface area (Å²) >= 11 is 0. The van der Waals surface area contributed by atoms with Gasteiger partial charge in [-0.2, -0.15) is 13.2 Å². The summed E-state index contributed by atoms with van der Waals surface area (Å²) < 4.78 is 61.9. The monoisotopic (exact) mass is 474 g/mol. The summed E-state index contributed by atoms with van der Waals surface area (Å²) in [5.41, 5.74) is 1.15. The van der Waals surface area contributed by atoms with Gasteiger partial charge in [0.25, 0.3) is 5.91 Å². The Morgan fingerprint density at radius 2 is 1.85 bits per heavy atom.